The number of imidazole rings is 1. The van der Waals surface area contributed by atoms with Gasteiger partial charge in [-0.3, -0.25) is 4.79 Å². The van der Waals surface area contributed by atoms with E-state index in [-0.39, 0.29) is 5.88 Å². The van der Waals surface area contributed by atoms with Gasteiger partial charge in [0.1, 0.15) is 11.9 Å². The Labute approximate surface area is 164 Å². The van der Waals surface area contributed by atoms with Gasteiger partial charge in [-0.25, -0.2) is 4.98 Å². The van der Waals surface area contributed by atoms with Gasteiger partial charge in [-0.15, -0.1) is 0 Å². The molecule has 4 nitrogen and oxygen atoms in total. The molecule has 0 amide bonds. The Morgan fingerprint density at radius 2 is 1.21 bits per heavy atom. The number of nitrogens with zero attached hydrogens (tertiary/aromatic N) is 2. The highest BCUT2D eigenvalue weighted by Gasteiger charge is 2.38. The van der Waals surface area contributed by atoms with Gasteiger partial charge in [0.15, 0.2) is 0 Å². The summed E-state index contributed by atoms with van der Waals surface area (Å²) >= 11 is 0. The van der Waals surface area contributed by atoms with Crippen LogP contribution in [-0.4, -0.2) is 15.5 Å². The quantitative estimate of drug-likeness (QED) is 0.380. The molecule has 0 bridgehead atoms. The molecule has 4 rings (SSSR count). The average molecular weight is 368 g/mol. The van der Waals surface area contributed by atoms with Crippen LogP contribution < -0.4 is 4.74 Å². The van der Waals surface area contributed by atoms with E-state index in [1.54, 1.807) is 12.5 Å². The van der Waals surface area contributed by atoms with Crippen molar-refractivity contribution in [2.75, 3.05) is 0 Å². The fourth-order valence-corrected chi connectivity index (χ4v) is 3.67. The molecule has 0 aliphatic heterocycles. The Morgan fingerprint density at radius 3 is 1.61 bits per heavy atom. The van der Waals surface area contributed by atoms with E-state index in [1.165, 1.54) is 6.92 Å². The molecule has 1 heterocycles. The predicted molar refractivity (Wildman–Crippen MR) is 108 cm³/mol. The first kappa shape index (κ1) is 17.7. The number of esters is 1. The van der Waals surface area contributed by atoms with Crippen molar-refractivity contribution >= 4 is 5.97 Å². The molecular formula is C24H20N2O2. The monoisotopic (exact) mass is 368 g/mol. The van der Waals surface area contributed by atoms with Crippen molar-refractivity contribution in [2.24, 2.45) is 0 Å². The van der Waals surface area contributed by atoms with Gasteiger partial charge >= 0.3 is 5.97 Å². The van der Waals surface area contributed by atoms with Gasteiger partial charge in [0.25, 0.3) is 0 Å². The highest BCUT2D eigenvalue weighted by atomic mass is 16.5. The lowest BCUT2D eigenvalue weighted by Gasteiger charge is -2.37. The minimum absolute atomic E-state index is 0.277. The zero-order valence-corrected chi connectivity index (χ0v) is 15.5. The van der Waals surface area contributed by atoms with Crippen molar-refractivity contribution in [3.8, 4) is 5.88 Å². The third-order valence-electron chi connectivity index (χ3n) is 4.77. The highest BCUT2D eigenvalue weighted by Crippen LogP contribution is 2.41. The van der Waals surface area contributed by atoms with Crippen molar-refractivity contribution < 1.29 is 9.53 Å². The number of carbonyl (C=O) groups excluding carboxylic acids is 1. The first-order chi connectivity index (χ1) is 13.7. The summed E-state index contributed by atoms with van der Waals surface area (Å²) in [6.07, 6.45) is 3.49. The SMILES string of the molecule is CC(=O)Oc1cn(C(c2ccccc2)(c2ccccc2)c2ccccc2)cn1. The third-order valence-corrected chi connectivity index (χ3v) is 4.77. The standard InChI is InChI=1S/C24H20N2O2/c1-19(27)28-23-17-26(18-25-23)24(20-11-5-2-6-12-20,21-13-7-3-8-14-21)22-15-9-4-10-16-22/h2-18H,1H3. The molecule has 0 radical (unpaired) electrons. The highest BCUT2D eigenvalue weighted by molar-refractivity contribution is 5.68. The van der Waals surface area contributed by atoms with Crippen LogP contribution >= 0.6 is 0 Å². The number of rotatable bonds is 5. The second kappa shape index (κ2) is 7.53. The second-order valence-electron chi connectivity index (χ2n) is 6.52. The number of aromatic nitrogens is 2. The second-order valence-corrected chi connectivity index (χ2v) is 6.52. The minimum Gasteiger partial charge on any atom is -0.406 e. The van der Waals surface area contributed by atoms with Crippen molar-refractivity contribution in [1.82, 2.24) is 9.55 Å². The van der Waals surface area contributed by atoms with Gasteiger partial charge in [-0.1, -0.05) is 91.0 Å². The van der Waals surface area contributed by atoms with Crippen LogP contribution in [0, 0.1) is 0 Å². The molecule has 1 aromatic heterocycles. The Balaban J connectivity index is 2.04. The van der Waals surface area contributed by atoms with E-state index in [9.17, 15) is 4.79 Å². The lowest BCUT2D eigenvalue weighted by Crippen LogP contribution is -2.36. The van der Waals surface area contributed by atoms with Gasteiger partial charge in [-0.2, -0.15) is 0 Å². The molecule has 0 aliphatic rings. The molecule has 0 fully saturated rings. The molecule has 0 N–H and O–H groups in total. The fourth-order valence-electron chi connectivity index (χ4n) is 3.67. The smallest absolute Gasteiger partial charge is 0.309 e. The van der Waals surface area contributed by atoms with Crippen LogP contribution in [0.5, 0.6) is 5.88 Å². The molecular weight excluding hydrogens is 348 g/mol. The zero-order valence-electron chi connectivity index (χ0n) is 15.5. The predicted octanol–water partition coefficient (Wildman–Crippen LogP) is 4.65. The maximum Gasteiger partial charge on any atom is 0.309 e. The Hall–Kier alpha value is -3.66. The summed E-state index contributed by atoms with van der Waals surface area (Å²) in [4.78, 5) is 15.7. The van der Waals surface area contributed by atoms with E-state index in [4.69, 9.17) is 4.74 Å². The molecule has 0 saturated carbocycles. The number of ether oxygens (including phenoxy) is 1. The molecule has 4 heteroatoms. The zero-order chi connectivity index (χ0) is 19.4. The number of hydrogen-bond acceptors (Lipinski definition) is 3. The molecule has 4 aromatic rings. The van der Waals surface area contributed by atoms with Crippen molar-refractivity contribution in [2.45, 2.75) is 12.5 Å². The van der Waals surface area contributed by atoms with Crippen molar-refractivity contribution in [3.05, 3.63) is 120 Å². The van der Waals surface area contributed by atoms with Gasteiger partial charge in [-0.05, 0) is 16.7 Å². The fraction of sp³-hybridized carbons (Fsp3) is 0.0833. The van der Waals surface area contributed by atoms with Crippen molar-refractivity contribution in [1.29, 1.82) is 0 Å². The van der Waals surface area contributed by atoms with Gasteiger partial charge < -0.3 is 9.30 Å². The first-order valence-corrected chi connectivity index (χ1v) is 9.10. The van der Waals surface area contributed by atoms with E-state index >= 15 is 0 Å². The topological polar surface area (TPSA) is 44.1 Å². The van der Waals surface area contributed by atoms with Crippen LogP contribution in [0.2, 0.25) is 0 Å². The molecule has 3 aromatic carbocycles. The van der Waals surface area contributed by atoms with E-state index in [2.05, 4.69) is 41.4 Å². The largest absolute Gasteiger partial charge is 0.406 e. The minimum atomic E-state index is -0.658. The number of hydrogen-bond donors (Lipinski definition) is 0. The lowest BCUT2D eigenvalue weighted by molar-refractivity contribution is -0.132. The summed E-state index contributed by atoms with van der Waals surface area (Å²) in [7, 11) is 0. The summed E-state index contributed by atoms with van der Waals surface area (Å²) in [5, 5.41) is 0. The molecule has 0 aliphatic carbocycles. The Kier molecular flexibility index (Phi) is 4.77. The normalized spacial score (nSPS) is 11.2. The molecule has 0 saturated heterocycles. The van der Waals surface area contributed by atoms with Gasteiger partial charge in [0, 0.05) is 6.92 Å². The molecule has 28 heavy (non-hydrogen) atoms. The van der Waals surface area contributed by atoms with Crippen LogP contribution in [0.4, 0.5) is 0 Å². The van der Waals surface area contributed by atoms with E-state index in [1.807, 2.05) is 59.2 Å². The Bertz CT molecular complexity index is 961. The Morgan fingerprint density at radius 1 is 0.786 bits per heavy atom. The maximum atomic E-state index is 11.4. The average Bonchev–Trinajstić information content (AvgIpc) is 3.19. The molecule has 0 spiro atoms. The van der Waals surface area contributed by atoms with Crippen LogP contribution in [0.25, 0.3) is 0 Å². The first-order valence-electron chi connectivity index (χ1n) is 9.10. The van der Waals surface area contributed by atoms with Crippen LogP contribution in [0.15, 0.2) is 104 Å². The van der Waals surface area contributed by atoms with Crippen molar-refractivity contribution in [3.63, 3.8) is 0 Å². The van der Waals surface area contributed by atoms with Crippen LogP contribution in [0.3, 0.4) is 0 Å². The molecule has 0 atom stereocenters. The molecule has 0 unspecified atom stereocenters. The summed E-state index contributed by atoms with van der Waals surface area (Å²) in [6, 6.07) is 30.8. The van der Waals surface area contributed by atoms with Gasteiger partial charge in [0.2, 0.25) is 5.88 Å². The van der Waals surface area contributed by atoms with Crippen LogP contribution in [0.1, 0.15) is 23.6 Å². The van der Waals surface area contributed by atoms with E-state index in [0.717, 1.165) is 16.7 Å². The summed E-state index contributed by atoms with van der Waals surface area (Å²) in [5.74, 6) is -0.116. The van der Waals surface area contributed by atoms with E-state index < -0.39 is 11.5 Å². The molecule has 138 valence electrons. The summed E-state index contributed by atoms with van der Waals surface area (Å²) < 4.78 is 7.23. The maximum absolute atomic E-state index is 11.4. The summed E-state index contributed by atoms with van der Waals surface area (Å²) in [5.41, 5.74) is 2.59. The number of benzene rings is 3. The van der Waals surface area contributed by atoms with E-state index in [0.29, 0.717) is 0 Å². The van der Waals surface area contributed by atoms with Crippen LogP contribution in [-0.2, 0) is 10.3 Å². The number of carbonyl (C=O) groups is 1. The lowest BCUT2D eigenvalue weighted by atomic mass is 9.77. The van der Waals surface area contributed by atoms with Gasteiger partial charge in [0.05, 0.1) is 6.20 Å². The third kappa shape index (κ3) is 3.09. The summed E-state index contributed by atoms with van der Waals surface area (Å²) in [6.45, 7) is 1.37.